The number of ketones is 1. The van der Waals surface area contributed by atoms with Crippen molar-refractivity contribution >= 4 is 11.8 Å². The molecular formula is C11H19NO3. The van der Waals surface area contributed by atoms with Crippen LogP contribution < -0.4 is 0 Å². The highest BCUT2D eigenvalue weighted by atomic mass is 16.5. The SMILES string of the molecule is CC(C)OC(=O)CN1CCC(=O)C(C)C1. The molecule has 1 aliphatic heterocycles. The van der Waals surface area contributed by atoms with Gasteiger partial charge in [0.15, 0.2) is 0 Å². The van der Waals surface area contributed by atoms with Crippen LogP contribution in [0.3, 0.4) is 0 Å². The van der Waals surface area contributed by atoms with E-state index in [4.69, 9.17) is 4.74 Å². The van der Waals surface area contributed by atoms with Gasteiger partial charge in [0.25, 0.3) is 0 Å². The third-order valence-corrected chi connectivity index (χ3v) is 2.48. The lowest BCUT2D eigenvalue weighted by Gasteiger charge is -2.29. The molecule has 1 saturated heterocycles. The first-order valence-corrected chi connectivity index (χ1v) is 5.43. The zero-order valence-electron chi connectivity index (χ0n) is 9.66. The summed E-state index contributed by atoms with van der Waals surface area (Å²) in [6.07, 6.45) is 0.484. The number of piperidine rings is 1. The number of carbonyl (C=O) groups is 2. The molecule has 1 atom stereocenters. The smallest absolute Gasteiger partial charge is 0.320 e. The monoisotopic (exact) mass is 213 g/mol. The first-order valence-electron chi connectivity index (χ1n) is 5.43. The third-order valence-electron chi connectivity index (χ3n) is 2.48. The number of ether oxygens (including phenoxy) is 1. The van der Waals surface area contributed by atoms with Crippen LogP contribution in [0, 0.1) is 5.92 Å². The van der Waals surface area contributed by atoms with Gasteiger partial charge < -0.3 is 4.74 Å². The standard InChI is InChI=1S/C11H19NO3/c1-8(2)15-11(14)7-12-5-4-10(13)9(3)6-12/h8-9H,4-7H2,1-3H3. The van der Waals surface area contributed by atoms with E-state index in [-0.39, 0.29) is 18.0 Å². The van der Waals surface area contributed by atoms with Crippen LogP contribution in [0.25, 0.3) is 0 Å². The minimum Gasteiger partial charge on any atom is -0.462 e. The van der Waals surface area contributed by atoms with Gasteiger partial charge in [-0.15, -0.1) is 0 Å². The first kappa shape index (κ1) is 12.2. The summed E-state index contributed by atoms with van der Waals surface area (Å²) in [5.74, 6) is 0.139. The van der Waals surface area contributed by atoms with Gasteiger partial charge in [-0.05, 0) is 13.8 Å². The molecule has 0 bridgehead atoms. The van der Waals surface area contributed by atoms with Crippen LogP contribution in [-0.2, 0) is 14.3 Å². The van der Waals surface area contributed by atoms with Gasteiger partial charge in [0.05, 0.1) is 12.6 Å². The fourth-order valence-electron chi connectivity index (χ4n) is 1.72. The number of hydrogen-bond acceptors (Lipinski definition) is 4. The van der Waals surface area contributed by atoms with E-state index < -0.39 is 0 Å². The number of hydrogen-bond donors (Lipinski definition) is 0. The van der Waals surface area contributed by atoms with Crippen molar-refractivity contribution < 1.29 is 14.3 Å². The van der Waals surface area contributed by atoms with Crippen LogP contribution in [0.2, 0.25) is 0 Å². The molecule has 4 heteroatoms. The minimum absolute atomic E-state index is 0.0469. The number of esters is 1. The summed E-state index contributed by atoms with van der Waals surface area (Å²) in [6.45, 7) is 7.22. The minimum atomic E-state index is -0.202. The molecule has 0 saturated carbocycles. The molecule has 0 aromatic carbocycles. The molecule has 0 aliphatic carbocycles. The van der Waals surface area contributed by atoms with Gasteiger partial charge in [0, 0.05) is 25.4 Å². The fraction of sp³-hybridized carbons (Fsp3) is 0.818. The highest BCUT2D eigenvalue weighted by molar-refractivity contribution is 5.82. The fourth-order valence-corrected chi connectivity index (χ4v) is 1.72. The van der Waals surface area contributed by atoms with Crippen LogP contribution in [-0.4, -0.2) is 42.4 Å². The predicted molar refractivity (Wildman–Crippen MR) is 56.5 cm³/mol. The Morgan fingerprint density at radius 3 is 2.80 bits per heavy atom. The maximum atomic E-state index is 11.4. The highest BCUT2D eigenvalue weighted by Gasteiger charge is 2.25. The Bertz CT molecular complexity index is 250. The third kappa shape index (κ3) is 4.00. The summed E-state index contributed by atoms with van der Waals surface area (Å²) >= 11 is 0. The van der Waals surface area contributed by atoms with E-state index in [0.29, 0.717) is 31.8 Å². The highest BCUT2D eigenvalue weighted by Crippen LogP contribution is 2.11. The number of Topliss-reactive ketones (excluding diaryl/α,β-unsaturated/α-hetero) is 1. The Hall–Kier alpha value is -0.900. The van der Waals surface area contributed by atoms with E-state index in [2.05, 4.69) is 0 Å². The van der Waals surface area contributed by atoms with E-state index in [1.54, 1.807) is 0 Å². The van der Waals surface area contributed by atoms with Gasteiger partial charge in [0.2, 0.25) is 0 Å². The molecule has 86 valence electrons. The lowest BCUT2D eigenvalue weighted by molar-refractivity contribution is -0.150. The van der Waals surface area contributed by atoms with Crippen molar-refractivity contribution in [2.75, 3.05) is 19.6 Å². The van der Waals surface area contributed by atoms with E-state index in [0.717, 1.165) is 0 Å². The van der Waals surface area contributed by atoms with Crippen molar-refractivity contribution in [3.63, 3.8) is 0 Å². The van der Waals surface area contributed by atoms with E-state index in [1.807, 2.05) is 25.7 Å². The van der Waals surface area contributed by atoms with Gasteiger partial charge in [-0.25, -0.2) is 0 Å². The summed E-state index contributed by atoms with van der Waals surface area (Å²) in [7, 11) is 0. The Morgan fingerprint density at radius 2 is 2.27 bits per heavy atom. The predicted octanol–water partition coefficient (Wildman–Crippen LogP) is 0.849. The molecule has 0 aromatic rings. The van der Waals surface area contributed by atoms with Crippen LogP contribution in [0.1, 0.15) is 27.2 Å². The quantitative estimate of drug-likeness (QED) is 0.652. The number of likely N-dealkylation sites (tertiary alicyclic amines) is 1. The van der Waals surface area contributed by atoms with Crippen molar-refractivity contribution in [1.29, 1.82) is 0 Å². The van der Waals surface area contributed by atoms with Crippen LogP contribution in [0.15, 0.2) is 0 Å². The van der Waals surface area contributed by atoms with Gasteiger partial charge in [-0.2, -0.15) is 0 Å². The molecular weight excluding hydrogens is 194 g/mol. The van der Waals surface area contributed by atoms with E-state index >= 15 is 0 Å². The van der Waals surface area contributed by atoms with Crippen LogP contribution >= 0.6 is 0 Å². The molecule has 1 aliphatic rings. The molecule has 0 N–H and O–H groups in total. The summed E-state index contributed by atoms with van der Waals surface area (Å²) in [5.41, 5.74) is 0. The topological polar surface area (TPSA) is 46.6 Å². The summed E-state index contributed by atoms with van der Waals surface area (Å²) < 4.78 is 5.05. The van der Waals surface area contributed by atoms with Crippen molar-refractivity contribution in [2.45, 2.75) is 33.3 Å². The molecule has 0 aromatic heterocycles. The van der Waals surface area contributed by atoms with Crippen molar-refractivity contribution in [3.8, 4) is 0 Å². The maximum Gasteiger partial charge on any atom is 0.320 e. The van der Waals surface area contributed by atoms with Gasteiger partial charge in [-0.1, -0.05) is 6.92 Å². The molecule has 1 unspecified atom stereocenters. The normalized spacial score (nSPS) is 23.2. The van der Waals surface area contributed by atoms with Crippen LogP contribution in [0.4, 0.5) is 0 Å². The first-order chi connectivity index (χ1) is 6.99. The second-order valence-corrected chi connectivity index (χ2v) is 4.39. The molecule has 0 spiro atoms. The molecule has 4 nitrogen and oxygen atoms in total. The van der Waals surface area contributed by atoms with Crippen LogP contribution in [0.5, 0.6) is 0 Å². The molecule has 1 heterocycles. The lowest BCUT2D eigenvalue weighted by atomic mass is 9.99. The average Bonchev–Trinajstić information content (AvgIpc) is 2.10. The second kappa shape index (κ2) is 5.26. The Labute approximate surface area is 90.6 Å². The van der Waals surface area contributed by atoms with Crippen molar-refractivity contribution in [1.82, 2.24) is 4.90 Å². The Balaban J connectivity index is 2.33. The summed E-state index contributed by atoms with van der Waals surface area (Å²) in [6, 6.07) is 0. The summed E-state index contributed by atoms with van der Waals surface area (Å²) in [4.78, 5) is 24.6. The molecule has 15 heavy (non-hydrogen) atoms. The van der Waals surface area contributed by atoms with Gasteiger partial charge >= 0.3 is 5.97 Å². The van der Waals surface area contributed by atoms with Gasteiger partial charge in [0.1, 0.15) is 5.78 Å². The number of rotatable bonds is 3. The molecule has 1 rings (SSSR count). The Kier molecular flexibility index (Phi) is 4.27. The zero-order chi connectivity index (χ0) is 11.4. The Morgan fingerprint density at radius 1 is 1.60 bits per heavy atom. The lowest BCUT2D eigenvalue weighted by Crippen LogP contribution is -2.42. The largest absolute Gasteiger partial charge is 0.462 e. The van der Waals surface area contributed by atoms with Crippen molar-refractivity contribution in [2.24, 2.45) is 5.92 Å². The second-order valence-electron chi connectivity index (χ2n) is 4.39. The molecule has 0 amide bonds. The number of carbonyl (C=O) groups excluding carboxylic acids is 2. The van der Waals surface area contributed by atoms with E-state index in [1.165, 1.54) is 0 Å². The maximum absolute atomic E-state index is 11.4. The molecule has 1 fully saturated rings. The zero-order valence-corrected chi connectivity index (χ0v) is 9.66. The summed E-state index contributed by atoms with van der Waals surface area (Å²) in [5, 5.41) is 0. The van der Waals surface area contributed by atoms with E-state index in [9.17, 15) is 9.59 Å². The van der Waals surface area contributed by atoms with Crippen molar-refractivity contribution in [3.05, 3.63) is 0 Å². The van der Waals surface area contributed by atoms with Gasteiger partial charge in [-0.3, -0.25) is 14.5 Å². The average molecular weight is 213 g/mol. The molecule has 0 radical (unpaired) electrons. The number of nitrogens with zero attached hydrogens (tertiary/aromatic N) is 1.